The predicted molar refractivity (Wildman–Crippen MR) is 149 cm³/mol. The van der Waals surface area contributed by atoms with Crippen molar-refractivity contribution >= 4 is 24.4 Å². The Balaban J connectivity index is 3.15. The highest BCUT2D eigenvalue weighted by Crippen LogP contribution is 2.32. The standard InChI is InChI=1S/C29H45NO11/c1-9-10-13-36-24(33)39-19(2)15-29(30,23(31)32)16-20-11-12-21(40-25(34)37-17-27(3,4)5)22(14-20)41-26(35)38-18-28(6,7)8/h11-12,14,19H,9-10,13,15-18,30H2,1-8H3,(H,31,32)/t19-,29?/m0/s1. The fraction of sp³-hybridized carbons (Fsp3) is 0.655. The molecule has 1 unspecified atom stereocenters. The van der Waals surface area contributed by atoms with Crippen molar-refractivity contribution in [3.05, 3.63) is 23.8 Å². The van der Waals surface area contributed by atoms with Gasteiger partial charge in [0.15, 0.2) is 11.5 Å². The van der Waals surface area contributed by atoms with E-state index in [1.165, 1.54) is 25.1 Å². The molecular formula is C29H45NO11. The van der Waals surface area contributed by atoms with Gasteiger partial charge in [-0.05, 0) is 41.9 Å². The minimum Gasteiger partial charge on any atom is -0.480 e. The first-order chi connectivity index (χ1) is 18.8. The number of aliphatic carboxylic acids is 1. The highest BCUT2D eigenvalue weighted by Gasteiger charge is 2.37. The van der Waals surface area contributed by atoms with Crippen LogP contribution in [0.5, 0.6) is 11.5 Å². The molecule has 41 heavy (non-hydrogen) atoms. The summed E-state index contributed by atoms with van der Waals surface area (Å²) in [6.45, 7) is 15.0. The van der Waals surface area contributed by atoms with Gasteiger partial charge in [0.05, 0.1) is 19.8 Å². The predicted octanol–water partition coefficient (Wildman–Crippen LogP) is 5.87. The number of unbranched alkanes of at least 4 members (excludes halogenated alkanes) is 1. The molecule has 2 atom stereocenters. The van der Waals surface area contributed by atoms with Crippen molar-refractivity contribution in [2.75, 3.05) is 19.8 Å². The van der Waals surface area contributed by atoms with Crippen molar-refractivity contribution in [3.63, 3.8) is 0 Å². The minimum atomic E-state index is -1.87. The lowest BCUT2D eigenvalue weighted by molar-refractivity contribution is -0.144. The van der Waals surface area contributed by atoms with Crippen molar-refractivity contribution in [1.82, 2.24) is 0 Å². The van der Waals surface area contributed by atoms with Gasteiger partial charge in [-0.1, -0.05) is 61.0 Å². The lowest BCUT2D eigenvalue weighted by Gasteiger charge is -2.28. The number of carbonyl (C=O) groups excluding carboxylic acids is 3. The van der Waals surface area contributed by atoms with Gasteiger partial charge in [0, 0.05) is 12.8 Å². The molecule has 12 heteroatoms. The second kappa shape index (κ2) is 15.5. The van der Waals surface area contributed by atoms with Crippen LogP contribution in [0, 0.1) is 10.8 Å². The quantitative estimate of drug-likeness (QED) is 0.123. The normalized spacial score (nSPS) is 13.8. The Hall–Kier alpha value is -3.54. The number of carboxylic acid groups (broad SMARTS) is 1. The average molecular weight is 584 g/mol. The molecule has 1 aromatic rings. The molecule has 1 aromatic carbocycles. The summed E-state index contributed by atoms with van der Waals surface area (Å²) in [6, 6.07) is 4.11. The number of benzene rings is 1. The smallest absolute Gasteiger partial charge is 0.480 e. The van der Waals surface area contributed by atoms with Gasteiger partial charge in [-0.15, -0.1) is 0 Å². The van der Waals surface area contributed by atoms with Crippen molar-refractivity contribution in [3.8, 4) is 11.5 Å². The number of rotatable bonds is 13. The van der Waals surface area contributed by atoms with E-state index in [1.807, 2.05) is 48.5 Å². The van der Waals surface area contributed by atoms with Gasteiger partial charge in [0.1, 0.15) is 11.6 Å². The molecule has 0 bridgehead atoms. The maximum atomic E-state index is 12.4. The van der Waals surface area contributed by atoms with Crippen LogP contribution in [0.4, 0.5) is 14.4 Å². The lowest BCUT2D eigenvalue weighted by Crippen LogP contribution is -2.52. The van der Waals surface area contributed by atoms with Gasteiger partial charge in [-0.3, -0.25) is 4.79 Å². The van der Waals surface area contributed by atoms with Gasteiger partial charge in [-0.25, -0.2) is 14.4 Å². The summed E-state index contributed by atoms with van der Waals surface area (Å²) in [7, 11) is 0. The molecule has 0 saturated carbocycles. The van der Waals surface area contributed by atoms with Gasteiger partial charge >= 0.3 is 24.4 Å². The van der Waals surface area contributed by atoms with Crippen LogP contribution in [0.2, 0.25) is 0 Å². The number of hydrogen-bond acceptors (Lipinski definition) is 11. The first kappa shape index (κ1) is 35.5. The zero-order valence-electron chi connectivity index (χ0n) is 25.4. The Morgan fingerprint density at radius 3 is 1.88 bits per heavy atom. The summed E-state index contributed by atoms with van der Waals surface area (Å²) in [4.78, 5) is 48.8. The monoisotopic (exact) mass is 583 g/mol. The third-order valence-corrected chi connectivity index (χ3v) is 5.25. The minimum absolute atomic E-state index is 0.0546. The molecular weight excluding hydrogens is 538 g/mol. The zero-order chi connectivity index (χ0) is 31.4. The van der Waals surface area contributed by atoms with Crippen LogP contribution in [0.25, 0.3) is 0 Å². The van der Waals surface area contributed by atoms with E-state index in [0.29, 0.717) is 12.0 Å². The molecule has 0 amide bonds. The van der Waals surface area contributed by atoms with Gasteiger partial charge in [-0.2, -0.15) is 0 Å². The van der Waals surface area contributed by atoms with E-state index in [-0.39, 0.29) is 55.0 Å². The molecule has 0 spiro atoms. The van der Waals surface area contributed by atoms with Gasteiger partial charge < -0.3 is 39.3 Å². The summed E-state index contributed by atoms with van der Waals surface area (Å²) >= 11 is 0. The fourth-order valence-corrected chi connectivity index (χ4v) is 3.27. The molecule has 0 aliphatic rings. The van der Waals surface area contributed by atoms with E-state index in [1.54, 1.807) is 0 Å². The zero-order valence-corrected chi connectivity index (χ0v) is 25.4. The number of carboxylic acids is 1. The van der Waals surface area contributed by atoms with Crippen molar-refractivity contribution in [2.45, 2.75) is 92.7 Å². The molecule has 12 nitrogen and oxygen atoms in total. The second-order valence-electron chi connectivity index (χ2n) is 12.4. The molecule has 0 aromatic heterocycles. The first-order valence-electron chi connectivity index (χ1n) is 13.5. The largest absolute Gasteiger partial charge is 0.513 e. The van der Waals surface area contributed by atoms with Crippen LogP contribution in [0.1, 0.15) is 80.2 Å². The van der Waals surface area contributed by atoms with Crippen LogP contribution in [-0.2, 0) is 30.2 Å². The Morgan fingerprint density at radius 1 is 0.854 bits per heavy atom. The third kappa shape index (κ3) is 14.6. The van der Waals surface area contributed by atoms with E-state index in [4.69, 9.17) is 34.2 Å². The molecule has 0 fully saturated rings. The number of hydrogen-bond donors (Lipinski definition) is 2. The van der Waals surface area contributed by atoms with Crippen LogP contribution in [-0.4, -0.2) is 61.0 Å². The molecule has 1 rings (SSSR count). The van der Waals surface area contributed by atoms with Crippen molar-refractivity contribution < 1.29 is 52.7 Å². The first-order valence-corrected chi connectivity index (χ1v) is 13.5. The summed E-state index contributed by atoms with van der Waals surface area (Å²) in [5.74, 6) is -1.69. The van der Waals surface area contributed by atoms with E-state index in [2.05, 4.69) is 0 Å². The number of ether oxygens (including phenoxy) is 6. The molecule has 0 heterocycles. The Kier molecular flexibility index (Phi) is 13.4. The maximum absolute atomic E-state index is 12.4. The maximum Gasteiger partial charge on any atom is 0.513 e. The molecule has 0 radical (unpaired) electrons. The number of carbonyl (C=O) groups is 4. The molecule has 0 aliphatic carbocycles. The van der Waals surface area contributed by atoms with E-state index in [0.717, 1.165) is 6.42 Å². The summed E-state index contributed by atoms with van der Waals surface area (Å²) in [6.07, 6.45) is -2.86. The highest BCUT2D eigenvalue weighted by molar-refractivity contribution is 5.79. The van der Waals surface area contributed by atoms with E-state index >= 15 is 0 Å². The van der Waals surface area contributed by atoms with Crippen LogP contribution in [0.3, 0.4) is 0 Å². The fourth-order valence-electron chi connectivity index (χ4n) is 3.27. The highest BCUT2D eigenvalue weighted by atomic mass is 16.7. The van der Waals surface area contributed by atoms with Crippen LogP contribution in [0.15, 0.2) is 18.2 Å². The summed E-state index contributed by atoms with van der Waals surface area (Å²) < 4.78 is 31.0. The van der Waals surface area contributed by atoms with Crippen LogP contribution >= 0.6 is 0 Å². The summed E-state index contributed by atoms with van der Waals surface area (Å²) in [5.41, 5.74) is 4.06. The van der Waals surface area contributed by atoms with Gasteiger partial charge in [0.2, 0.25) is 0 Å². The second-order valence-corrected chi connectivity index (χ2v) is 12.4. The number of nitrogens with two attached hydrogens (primary N) is 1. The van der Waals surface area contributed by atoms with Crippen LogP contribution < -0.4 is 15.2 Å². The molecule has 0 aliphatic heterocycles. The summed E-state index contributed by atoms with van der Waals surface area (Å²) in [5, 5.41) is 9.92. The van der Waals surface area contributed by atoms with E-state index < -0.39 is 36.1 Å². The molecule has 3 N–H and O–H groups in total. The Bertz CT molecular complexity index is 1040. The lowest BCUT2D eigenvalue weighted by atomic mass is 9.86. The average Bonchev–Trinajstić information content (AvgIpc) is 2.82. The third-order valence-electron chi connectivity index (χ3n) is 5.25. The van der Waals surface area contributed by atoms with Crippen molar-refractivity contribution in [2.24, 2.45) is 16.6 Å². The van der Waals surface area contributed by atoms with Crippen molar-refractivity contribution in [1.29, 1.82) is 0 Å². The van der Waals surface area contributed by atoms with Gasteiger partial charge in [0.25, 0.3) is 0 Å². The van der Waals surface area contributed by atoms with E-state index in [9.17, 15) is 24.3 Å². The Labute approximate surface area is 241 Å². The molecule has 0 saturated heterocycles. The topological polar surface area (TPSA) is 170 Å². The molecule has 232 valence electrons. The Morgan fingerprint density at radius 2 is 1.39 bits per heavy atom. The SMILES string of the molecule is CCCCOC(=O)O[C@@H](C)CC(N)(Cc1ccc(OC(=O)OCC(C)(C)C)c(OC(=O)OCC(C)(C)C)c1)C(=O)O.